The molecule has 3 heterocycles. The van der Waals surface area contributed by atoms with Crippen LogP contribution in [0, 0.1) is 0 Å². The molecule has 0 saturated heterocycles. The van der Waals surface area contributed by atoms with Gasteiger partial charge in [-0.15, -0.1) is 0 Å². The molecule has 7 nitrogen and oxygen atoms in total. The van der Waals surface area contributed by atoms with Crippen LogP contribution in [0.5, 0.6) is 17.6 Å². The molecule has 3 aromatic heterocycles. The van der Waals surface area contributed by atoms with Crippen LogP contribution in [0.15, 0.2) is 72.8 Å². The summed E-state index contributed by atoms with van der Waals surface area (Å²) in [5.41, 5.74) is 2.06. The fourth-order valence-corrected chi connectivity index (χ4v) is 5.94. The molecule has 3 aromatic carbocycles. The number of para-hydroxylation sites is 3. The Kier molecular flexibility index (Phi) is 5.38. The zero-order valence-corrected chi connectivity index (χ0v) is 20.8. The SMILES string of the molecule is O=P(Oc1[nH]c2ccccc2c1Cl)(Oc1[nH]c2ccccc2c1Cl)Oc1[nH]c2ccccc2c1Cl. The predicted octanol–water partition coefficient (Wildman–Crippen LogP) is 8.74. The number of hydrogen-bond acceptors (Lipinski definition) is 4. The molecule has 0 spiro atoms. The number of rotatable bonds is 6. The smallest absolute Gasteiger partial charge is 0.368 e. The van der Waals surface area contributed by atoms with Crippen LogP contribution in [0.3, 0.4) is 0 Å². The van der Waals surface area contributed by atoms with Crippen LogP contribution in [0.25, 0.3) is 32.7 Å². The molecule has 6 aromatic rings. The summed E-state index contributed by atoms with van der Waals surface area (Å²) in [6.07, 6.45) is 0. The highest BCUT2D eigenvalue weighted by atomic mass is 35.5. The van der Waals surface area contributed by atoms with Gasteiger partial charge in [0.15, 0.2) is 0 Å². The van der Waals surface area contributed by atoms with Crippen molar-refractivity contribution in [2.45, 2.75) is 0 Å². The van der Waals surface area contributed by atoms with Gasteiger partial charge in [-0.3, -0.25) is 0 Å². The lowest BCUT2D eigenvalue weighted by molar-refractivity contribution is 0.289. The third-order valence-corrected chi connectivity index (χ3v) is 7.79. The van der Waals surface area contributed by atoms with E-state index in [0.717, 1.165) is 0 Å². The highest BCUT2D eigenvalue weighted by molar-refractivity contribution is 7.49. The van der Waals surface area contributed by atoms with Crippen LogP contribution in [-0.2, 0) is 4.57 Å². The maximum absolute atomic E-state index is 14.1. The van der Waals surface area contributed by atoms with Gasteiger partial charge in [0.2, 0.25) is 17.6 Å². The second-order valence-corrected chi connectivity index (χ2v) is 10.2. The number of H-pyrrole nitrogens is 3. The summed E-state index contributed by atoms with van der Waals surface area (Å²) >= 11 is 19.5. The number of aromatic amines is 3. The number of hydrogen-bond donors (Lipinski definition) is 3. The maximum Gasteiger partial charge on any atom is 0.650 e. The van der Waals surface area contributed by atoms with E-state index in [1.165, 1.54) is 0 Å². The summed E-state index contributed by atoms with van der Waals surface area (Å²) in [5.74, 6) is 0.0296. The first-order chi connectivity index (χ1) is 16.9. The van der Waals surface area contributed by atoms with E-state index in [0.29, 0.717) is 32.7 Å². The Bertz CT molecular complexity index is 1570. The van der Waals surface area contributed by atoms with Crippen molar-refractivity contribution in [1.29, 1.82) is 0 Å². The van der Waals surface area contributed by atoms with Gasteiger partial charge in [-0.1, -0.05) is 89.4 Å². The van der Waals surface area contributed by atoms with Crippen LogP contribution >= 0.6 is 42.6 Å². The third-order valence-electron chi connectivity index (χ3n) is 5.44. The van der Waals surface area contributed by atoms with E-state index in [1.54, 1.807) is 18.2 Å². The molecule has 6 rings (SSSR count). The van der Waals surface area contributed by atoms with Crippen LogP contribution in [0.2, 0.25) is 15.1 Å². The number of phosphoric ester groups is 1. The van der Waals surface area contributed by atoms with E-state index in [4.69, 9.17) is 48.4 Å². The Balaban J connectivity index is 1.45. The van der Waals surface area contributed by atoms with Crippen molar-refractivity contribution in [1.82, 2.24) is 15.0 Å². The Morgan fingerprint density at radius 2 is 0.800 bits per heavy atom. The Hall–Kier alpha value is -3.22. The maximum atomic E-state index is 14.1. The molecule has 0 atom stereocenters. The summed E-state index contributed by atoms with van der Waals surface area (Å²) < 4.78 is 31.5. The fraction of sp³-hybridized carbons (Fsp3) is 0. The Morgan fingerprint density at radius 3 is 1.09 bits per heavy atom. The molecular weight excluding hydrogens is 532 g/mol. The van der Waals surface area contributed by atoms with Gasteiger partial charge in [0.1, 0.15) is 15.1 Å². The van der Waals surface area contributed by atoms with Crippen molar-refractivity contribution in [3.05, 3.63) is 87.9 Å². The van der Waals surface area contributed by atoms with Gasteiger partial charge in [0.25, 0.3) is 0 Å². The third kappa shape index (κ3) is 3.91. The van der Waals surface area contributed by atoms with E-state index in [2.05, 4.69) is 15.0 Å². The van der Waals surface area contributed by atoms with E-state index >= 15 is 0 Å². The highest BCUT2D eigenvalue weighted by Crippen LogP contribution is 2.54. The van der Waals surface area contributed by atoms with Crippen molar-refractivity contribution in [3.63, 3.8) is 0 Å². The summed E-state index contributed by atoms with van der Waals surface area (Å²) in [4.78, 5) is 9.00. The van der Waals surface area contributed by atoms with Gasteiger partial charge >= 0.3 is 7.82 Å². The standard InChI is InChI=1S/C24H15Cl3N3O4P/c25-19-13-7-1-4-10-16(13)28-22(19)32-35(31,33-23-20(26)14-8-2-5-11-17(14)29-23)34-24-21(27)15-9-3-6-12-18(15)30-24/h1-12,28-30H. The molecule has 0 aliphatic rings. The van der Waals surface area contributed by atoms with Crippen molar-refractivity contribution in [2.24, 2.45) is 0 Å². The Labute approximate surface area is 213 Å². The van der Waals surface area contributed by atoms with E-state index in [1.807, 2.05) is 54.6 Å². The van der Waals surface area contributed by atoms with Crippen molar-refractivity contribution >= 4 is 75.3 Å². The number of fused-ring (bicyclic) bond motifs is 3. The number of phosphoric acid groups is 1. The zero-order chi connectivity index (χ0) is 24.2. The molecule has 0 fully saturated rings. The molecule has 11 heteroatoms. The molecule has 0 unspecified atom stereocenters. The molecule has 0 amide bonds. The molecule has 0 saturated carbocycles. The zero-order valence-electron chi connectivity index (χ0n) is 17.6. The van der Waals surface area contributed by atoms with Gasteiger partial charge in [-0.2, -0.15) is 4.57 Å². The number of halogens is 3. The minimum absolute atomic E-state index is 0.00988. The van der Waals surface area contributed by atoms with Crippen molar-refractivity contribution in [3.8, 4) is 17.6 Å². The minimum Gasteiger partial charge on any atom is -0.368 e. The second kappa shape index (κ2) is 8.47. The average Bonchev–Trinajstić information content (AvgIpc) is 3.46. The molecule has 35 heavy (non-hydrogen) atoms. The molecule has 3 N–H and O–H groups in total. The Morgan fingerprint density at radius 1 is 0.514 bits per heavy atom. The van der Waals surface area contributed by atoms with Gasteiger partial charge < -0.3 is 28.5 Å². The normalized spacial score (nSPS) is 12.0. The van der Waals surface area contributed by atoms with Crippen LogP contribution < -0.4 is 13.6 Å². The number of nitrogens with one attached hydrogen (secondary N) is 3. The predicted molar refractivity (Wildman–Crippen MR) is 139 cm³/mol. The molecule has 0 bridgehead atoms. The monoisotopic (exact) mass is 545 g/mol. The molecule has 176 valence electrons. The number of aromatic nitrogens is 3. The van der Waals surface area contributed by atoms with Gasteiger partial charge in [0, 0.05) is 32.7 Å². The summed E-state index contributed by atoms with van der Waals surface area (Å²) in [6, 6.07) is 21.8. The highest BCUT2D eigenvalue weighted by Gasteiger charge is 2.38. The molecule has 0 radical (unpaired) electrons. The quantitative estimate of drug-likeness (QED) is 0.182. The van der Waals surface area contributed by atoms with E-state index in [-0.39, 0.29) is 32.7 Å². The van der Waals surface area contributed by atoms with Crippen molar-refractivity contribution < 1.29 is 18.1 Å². The lowest BCUT2D eigenvalue weighted by atomic mass is 10.2. The molecular formula is C24H15Cl3N3O4P. The first-order valence-corrected chi connectivity index (χ1v) is 13.0. The minimum atomic E-state index is -4.48. The van der Waals surface area contributed by atoms with Crippen molar-refractivity contribution in [2.75, 3.05) is 0 Å². The molecule has 0 aliphatic heterocycles. The van der Waals surface area contributed by atoms with E-state index in [9.17, 15) is 4.57 Å². The topological polar surface area (TPSA) is 92.1 Å². The van der Waals surface area contributed by atoms with Crippen LogP contribution in [-0.4, -0.2) is 15.0 Å². The number of benzene rings is 3. The lowest BCUT2D eigenvalue weighted by Gasteiger charge is -2.17. The summed E-state index contributed by atoms with van der Waals surface area (Å²) in [6.45, 7) is 0. The van der Waals surface area contributed by atoms with E-state index < -0.39 is 7.82 Å². The van der Waals surface area contributed by atoms with Gasteiger partial charge in [-0.25, -0.2) is 0 Å². The fourth-order valence-electron chi connectivity index (χ4n) is 3.83. The van der Waals surface area contributed by atoms with Crippen LogP contribution in [0.1, 0.15) is 0 Å². The first kappa shape index (κ1) is 22.3. The van der Waals surface area contributed by atoms with Gasteiger partial charge in [0.05, 0.1) is 0 Å². The van der Waals surface area contributed by atoms with Gasteiger partial charge in [-0.05, 0) is 18.2 Å². The summed E-state index contributed by atoms with van der Waals surface area (Å²) in [7, 11) is -4.48. The lowest BCUT2D eigenvalue weighted by Crippen LogP contribution is -2.08. The molecule has 0 aliphatic carbocycles. The first-order valence-electron chi connectivity index (χ1n) is 10.4. The second-order valence-electron chi connectivity index (χ2n) is 7.66. The summed E-state index contributed by atoms with van der Waals surface area (Å²) in [5, 5.41) is 2.71. The average molecular weight is 547 g/mol. The largest absolute Gasteiger partial charge is 0.650 e. The van der Waals surface area contributed by atoms with Crippen LogP contribution in [0.4, 0.5) is 0 Å².